The van der Waals surface area contributed by atoms with Gasteiger partial charge in [-0.05, 0) is 6.08 Å². The van der Waals surface area contributed by atoms with Crippen LogP contribution in [0.5, 0.6) is 0 Å². The molecule has 0 amide bonds. The van der Waals surface area contributed by atoms with Crippen LogP contribution in [0.2, 0.25) is 0 Å². The molecule has 1 unspecified atom stereocenters. The molecule has 0 fully saturated rings. The third-order valence-corrected chi connectivity index (χ3v) is 1.91. The predicted octanol–water partition coefficient (Wildman–Crippen LogP) is 0.513. The number of quaternary nitrogens is 1. The number of allylic oxidation sites excluding steroid dienone is 1. The first-order valence-corrected chi connectivity index (χ1v) is 4.10. The van der Waals surface area contributed by atoms with Gasteiger partial charge in [0, 0.05) is 12.8 Å². The van der Waals surface area contributed by atoms with Crippen LogP contribution in [0, 0.1) is 0 Å². The van der Waals surface area contributed by atoms with Crippen LogP contribution in [0.4, 0.5) is 0 Å². The number of nitrogens with two attached hydrogens (primary N) is 1. The van der Waals surface area contributed by atoms with Crippen molar-refractivity contribution in [3.8, 4) is 0 Å². The second-order valence-corrected chi connectivity index (χ2v) is 3.89. The molecule has 3 nitrogen and oxygen atoms in total. The van der Waals surface area contributed by atoms with Crippen LogP contribution in [0.25, 0.3) is 0 Å². The van der Waals surface area contributed by atoms with Crippen molar-refractivity contribution in [3.63, 3.8) is 0 Å². The molecule has 0 heterocycles. The van der Waals surface area contributed by atoms with Gasteiger partial charge in [-0.25, -0.2) is 0 Å². The summed E-state index contributed by atoms with van der Waals surface area (Å²) >= 11 is 0. The number of carbonyl (C=O) groups is 1. The fourth-order valence-corrected chi connectivity index (χ4v) is 0.780. The summed E-state index contributed by atoms with van der Waals surface area (Å²) in [5.74, 6) is 0.0684. The Morgan fingerprint density at radius 3 is 2.42 bits per heavy atom. The molecule has 0 radical (unpaired) electrons. The lowest BCUT2D eigenvalue weighted by molar-refractivity contribution is -0.896. The van der Waals surface area contributed by atoms with Crippen molar-refractivity contribution in [2.75, 3.05) is 21.1 Å². The van der Waals surface area contributed by atoms with E-state index in [4.69, 9.17) is 5.73 Å². The van der Waals surface area contributed by atoms with E-state index in [1.807, 2.05) is 21.1 Å². The molecule has 0 rings (SSSR count). The molecule has 0 saturated heterocycles. The molecular weight excluding hydrogens is 152 g/mol. The van der Waals surface area contributed by atoms with Gasteiger partial charge in [0.2, 0.25) is 0 Å². The Labute approximate surface area is 74.4 Å². The highest BCUT2D eigenvalue weighted by atomic mass is 16.1. The van der Waals surface area contributed by atoms with Crippen LogP contribution in [0.3, 0.4) is 0 Å². The van der Waals surface area contributed by atoms with E-state index in [0.29, 0.717) is 17.3 Å². The Bertz CT molecular complexity index is 170. The second kappa shape index (κ2) is 4.38. The molecule has 0 aromatic heterocycles. The summed E-state index contributed by atoms with van der Waals surface area (Å²) in [5, 5.41) is 0. The lowest BCUT2D eigenvalue weighted by Crippen LogP contribution is -2.50. The molecule has 0 aliphatic rings. The molecule has 70 valence electrons. The lowest BCUT2D eigenvalue weighted by atomic mass is 10.1. The highest BCUT2D eigenvalue weighted by Gasteiger charge is 2.18. The number of nitrogens with zero attached hydrogens (tertiary/aromatic N) is 1. The minimum atomic E-state index is 0.0221. The second-order valence-electron chi connectivity index (χ2n) is 3.89. The number of hydrogen-bond donors (Lipinski definition) is 1. The number of ketones is 1. The first kappa shape index (κ1) is 11.3. The molecule has 0 aromatic rings. The molecule has 1 atom stereocenters. The van der Waals surface area contributed by atoms with Gasteiger partial charge in [-0.3, -0.25) is 10.5 Å². The van der Waals surface area contributed by atoms with E-state index >= 15 is 0 Å². The largest absolute Gasteiger partial charge is 0.316 e. The maximum absolute atomic E-state index is 10.9. The maximum atomic E-state index is 10.9. The van der Waals surface area contributed by atoms with Gasteiger partial charge in [-0.15, -0.1) is 0 Å². The minimum Gasteiger partial charge on any atom is -0.316 e. The van der Waals surface area contributed by atoms with Crippen LogP contribution in [0.15, 0.2) is 12.7 Å². The minimum absolute atomic E-state index is 0.0221. The highest BCUT2D eigenvalue weighted by Crippen LogP contribution is 2.04. The van der Waals surface area contributed by atoms with Crippen LogP contribution in [-0.4, -0.2) is 37.6 Å². The smallest absolute Gasteiger partial charge is 0.155 e. The summed E-state index contributed by atoms with van der Waals surface area (Å²) in [6, 6.07) is 0. The molecule has 0 aliphatic carbocycles. The van der Waals surface area contributed by atoms with Gasteiger partial charge in [-0.1, -0.05) is 6.58 Å². The number of carbonyl (C=O) groups excluding carboxylic acids is 1. The molecule has 12 heavy (non-hydrogen) atoms. The van der Waals surface area contributed by atoms with Gasteiger partial charge < -0.3 is 4.48 Å². The van der Waals surface area contributed by atoms with Crippen LogP contribution < -0.4 is 5.73 Å². The van der Waals surface area contributed by atoms with Crippen molar-refractivity contribution in [2.24, 2.45) is 5.73 Å². The SMILES string of the molecule is C=CC(=O)CCC(N)[N+](C)(C)C. The third-order valence-electron chi connectivity index (χ3n) is 1.91. The van der Waals surface area contributed by atoms with Gasteiger partial charge in [0.15, 0.2) is 5.78 Å². The Morgan fingerprint density at radius 2 is 2.08 bits per heavy atom. The van der Waals surface area contributed by atoms with Crippen LogP contribution in [0.1, 0.15) is 12.8 Å². The van der Waals surface area contributed by atoms with Gasteiger partial charge in [-0.2, -0.15) is 0 Å². The van der Waals surface area contributed by atoms with E-state index in [1.54, 1.807) is 0 Å². The normalized spacial score (nSPS) is 14.0. The molecule has 3 heteroatoms. The van der Waals surface area contributed by atoms with Crippen molar-refractivity contribution in [1.82, 2.24) is 0 Å². The average molecular weight is 171 g/mol. The summed E-state index contributed by atoms with van der Waals surface area (Å²) in [7, 11) is 6.05. The zero-order valence-electron chi connectivity index (χ0n) is 8.21. The average Bonchev–Trinajstić information content (AvgIpc) is 1.97. The zero-order chi connectivity index (χ0) is 9.78. The van der Waals surface area contributed by atoms with Crippen molar-refractivity contribution in [3.05, 3.63) is 12.7 Å². The summed E-state index contributed by atoms with van der Waals surface area (Å²) < 4.78 is 0.685. The number of rotatable bonds is 5. The zero-order valence-corrected chi connectivity index (χ0v) is 8.21. The van der Waals surface area contributed by atoms with E-state index in [2.05, 4.69) is 6.58 Å². The fourth-order valence-electron chi connectivity index (χ4n) is 0.780. The molecule has 0 aromatic carbocycles. The Hall–Kier alpha value is -0.670. The van der Waals surface area contributed by atoms with E-state index in [0.717, 1.165) is 0 Å². The van der Waals surface area contributed by atoms with Crippen LogP contribution >= 0.6 is 0 Å². The van der Waals surface area contributed by atoms with Gasteiger partial charge in [0.25, 0.3) is 0 Å². The van der Waals surface area contributed by atoms with E-state index < -0.39 is 0 Å². The monoisotopic (exact) mass is 171 g/mol. The van der Waals surface area contributed by atoms with Gasteiger partial charge >= 0.3 is 0 Å². The Balaban J connectivity index is 3.79. The topological polar surface area (TPSA) is 43.1 Å². The molecule has 0 spiro atoms. The first-order valence-electron chi connectivity index (χ1n) is 4.10. The van der Waals surface area contributed by atoms with Gasteiger partial charge in [0.05, 0.1) is 21.1 Å². The standard InChI is InChI=1S/C9H19N2O/c1-5-8(12)6-7-9(10)11(2,3)4/h5,9H,1,6-7,10H2,2-4H3/q+1. The molecule has 2 N–H and O–H groups in total. The number of hydrogen-bond acceptors (Lipinski definition) is 2. The lowest BCUT2D eigenvalue weighted by Gasteiger charge is -2.30. The summed E-state index contributed by atoms with van der Waals surface area (Å²) in [6.07, 6.45) is 2.59. The Morgan fingerprint density at radius 1 is 1.58 bits per heavy atom. The van der Waals surface area contributed by atoms with E-state index in [-0.39, 0.29) is 11.9 Å². The predicted molar refractivity (Wildman–Crippen MR) is 50.4 cm³/mol. The quantitative estimate of drug-likeness (QED) is 0.372. The van der Waals surface area contributed by atoms with Crippen molar-refractivity contribution >= 4 is 5.78 Å². The molecule has 0 aliphatic heterocycles. The maximum Gasteiger partial charge on any atom is 0.155 e. The van der Waals surface area contributed by atoms with E-state index in [9.17, 15) is 4.79 Å². The molecular formula is C9H19N2O+. The summed E-state index contributed by atoms with van der Waals surface area (Å²) in [4.78, 5) is 10.9. The van der Waals surface area contributed by atoms with Crippen molar-refractivity contribution in [1.29, 1.82) is 0 Å². The Kier molecular flexibility index (Phi) is 4.13. The van der Waals surface area contributed by atoms with Crippen LogP contribution in [-0.2, 0) is 4.79 Å². The summed E-state index contributed by atoms with van der Waals surface area (Å²) in [6.45, 7) is 3.41. The van der Waals surface area contributed by atoms with Crippen molar-refractivity contribution < 1.29 is 9.28 Å². The third kappa shape index (κ3) is 4.26. The van der Waals surface area contributed by atoms with E-state index in [1.165, 1.54) is 6.08 Å². The highest BCUT2D eigenvalue weighted by molar-refractivity contribution is 5.88. The first-order chi connectivity index (χ1) is 5.38. The molecule has 0 bridgehead atoms. The van der Waals surface area contributed by atoms with Crippen molar-refractivity contribution in [2.45, 2.75) is 19.0 Å². The van der Waals surface area contributed by atoms with Gasteiger partial charge in [0.1, 0.15) is 6.17 Å². The summed E-state index contributed by atoms with van der Waals surface area (Å²) in [5.41, 5.74) is 5.84. The molecule has 0 saturated carbocycles. The fraction of sp³-hybridized carbons (Fsp3) is 0.667.